The first kappa shape index (κ1) is 22.5. The Morgan fingerprint density at radius 3 is 2.42 bits per heavy atom. The van der Waals surface area contributed by atoms with Crippen LogP contribution in [0, 0.1) is 12.8 Å². The molecule has 0 aliphatic carbocycles. The van der Waals surface area contributed by atoms with Gasteiger partial charge < -0.3 is 20.3 Å². The van der Waals surface area contributed by atoms with Gasteiger partial charge >= 0.3 is 12.4 Å². The Labute approximate surface area is 178 Å². The molecule has 2 aromatic rings. The predicted octanol–water partition coefficient (Wildman–Crippen LogP) is 4.57. The molecule has 31 heavy (non-hydrogen) atoms. The molecule has 1 aliphatic heterocycles. The molecule has 2 N–H and O–H groups in total. The van der Waals surface area contributed by atoms with Crippen molar-refractivity contribution in [1.82, 2.24) is 10.2 Å². The van der Waals surface area contributed by atoms with E-state index in [2.05, 4.69) is 15.4 Å². The SMILES string of the molecule is Cc1ccc(NC(=O)NCC2CCCN(C(=O)c3ccc(OC(F)(F)F)cc3)C2)cc1. The minimum Gasteiger partial charge on any atom is -0.406 e. The number of amides is 3. The molecular weight excluding hydrogens is 411 g/mol. The minimum absolute atomic E-state index is 0.0919. The van der Waals surface area contributed by atoms with Gasteiger partial charge in [-0.15, -0.1) is 13.2 Å². The maximum atomic E-state index is 12.7. The Balaban J connectivity index is 1.49. The van der Waals surface area contributed by atoms with Gasteiger partial charge in [0.2, 0.25) is 0 Å². The molecule has 9 heteroatoms. The van der Waals surface area contributed by atoms with Crippen LogP contribution in [0.25, 0.3) is 0 Å². The molecule has 1 unspecified atom stereocenters. The van der Waals surface area contributed by atoms with E-state index < -0.39 is 6.36 Å². The van der Waals surface area contributed by atoms with Crippen LogP contribution in [-0.2, 0) is 0 Å². The second kappa shape index (κ2) is 9.72. The van der Waals surface area contributed by atoms with Gasteiger partial charge in [-0.05, 0) is 62.1 Å². The minimum atomic E-state index is -4.77. The molecule has 0 bridgehead atoms. The van der Waals surface area contributed by atoms with Gasteiger partial charge in [-0.1, -0.05) is 17.7 Å². The molecule has 3 amide bonds. The third-order valence-electron chi connectivity index (χ3n) is 5.00. The van der Waals surface area contributed by atoms with Gasteiger partial charge in [0, 0.05) is 30.9 Å². The molecule has 1 saturated heterocycles. The highest BCUT2D eigenvalue weighted by atomic mass is 19.4. The van der Waals surface area contributed by atoms with Gasteiger partial charge in [0.05, 0.1) is 0 Å². The number of carbonyl (C=O) groups is 2. The number of rotatable bonds is 5. The highest BCUT2D eigenvalue weighted by molar-refractivity contribution is 5.94. The van der Waals surface area contributed by atoms with E-state index in [1.165, 1.54) is 12.1 Å². The first-order valence-electron chi connectivity index (χ1n) is 9.96. The largest absolute Gasteiger partial charge is 0.573 e. The number of alkyl halides is 3. The van der Waals surface area contributed by atoms with Crippen molar-refractivity contribution in [2.75, 3.05) is 25.0 Å². The molecule has 0 spiro atoms. The van der Waals surface area contributed by atoms with Crippen molar-refractivity contribution in [2.45, 2.75) is 26.1 Å². The Morgan fingerprint density at radius 1 is 1.10 bits per heavy atom. The molecular formula is C22H24F3N3O3. The Hall–Kier alpha value is -3.23. The quantitative estimate of drug-likeness (QED) is 0.723. The summed E-state index contributed by atoms with van der Waals surface area (Å²) in [6, 6.07) is 12.0. The van der Waals surface area contributed by atoms with Crippen molar-refractivity contribution < 1.29 is 27.5 Å². The van der Waals surface area contributed by atoms with Crippen LogP contribution in [0.15, 0.2) is 48.5 Å². The highest BCUT2D eigenvalue weighted by Crippen LogP contribution is 2.24. The number of hydrogen-bond acceptors (Lipinski definition) is 3. The fourth-order valence-corrected chi connectivity index (χ4v) is 3.45. The third kappa shape index (κ3) is 6.91. The van der Waals surface area contributed by atoms with Crippen molar-refractivity contribution in [1.29, 1.82) is 0 Å². The molecule has 1 aliphatic rings. The van der Waals surface area contributed by atoms with E-state index in [0.717, 1.165) is 30.5 Å². The molecule has 0 radical (unpaired) electrons. The summed E-state index contributed by atoms with van der Waals surface area (Å²) in [6.45, 7) is 3.40. The molecule has 3 rings (SSSR count). The molecule has 2 aromatic carbocycles. The number of ether oxygens (including phenoxy) is 1. The normalized spacial score (nSPS) is 16.5. The monoisotopic (exact) mass is 435 g/mol. The van der Waals surface area contributed by atoms with Crippen molar-refractivity contribution in [3.05, 3.63) is 59.7 Å². The van der Waals surface area contributed by atoms with E-state index in [-0.39, 0.29) is 23.6 Å². The molecule has 0 saturated carbocycles. The lowest BCUT2D eigenvalue weighted by atomic mass is 9.97. The second-order valence-electron chi connectivity index (χ2n) is 7.53. The number of piperidine rings is 1. The number of urea groups is 1. The number of carbonyl (C=O) groups excluding carboxylic acids is 2. The lowest BCUT2D eigenvalue weighted by Crippen LogP contribution is -2.44. The smallest absolute Gasteiger partial charge is 0.406 e. The van der Waals surface area contributed by atoms with Gasteiger partial charge in [0.1, 0.15) is 5.75 Å². The predicted molar refractivity (Wildman–Crippen MR) is 110 cm³/mol. The molecule has 166 valence electrons. The van der Waals surface area contributed by atoms with Crippen molar-refractivity contribution in [2.24, 2.45) is 5.92 Å². The van der Waals surface area contributed by atoms with Crippen LogP contribution in [-0.4, -0.2) is 42.8 Å². The standard InChI is InChI=1S/C22H24F3N3O3/c1-15-4-8-18(9-5-15)27-21(30)26-13-16-3-2-12-28(14-16)20(29)17-6-10-19(11-7-17)31-22(23,24)25/h4-11,16H,2-3,12-14H2,1H3,(H2,26,27,30). The van der Waals surface area contributed by atoms with Crippen molar-refractivity contribution in [3.8, 4) is 5.75 Å². The number of aryl methyl sites for hydroxylation is 1. The van der Waals surface area contributed by atoms with Crippen LogP contribution < -0.4 is 15.4 Å². The van der Waals surface area contributed by atoms with E-state index in [9.17, 15) is 22.8 Å². The summed E-state index contributed by atoms with van der Waals surface area (Å²) < 4.78 is 40.6. The number of benzene rings is 2. The summed E-state index contributed by atoms with van der Waals surface area (Å²) in [7, 11) is 0. The topological polar surface area (TPSA) is 70.7 Å². The van der Waals surface area contributed by atoms with Crippen molar-refractivity contribution >= 4 is 17.6 Å². The van der Waals surface area contributed by atoms with Crippen LogP contribution in [0.5, 0.6) is 5.75 Å². The van der Waals surface area contributed by atoms with Crippen LogP contribution in [0.2, 0.25) is 0 Å². The van der Waals surface area contributed by atoms with Crippen LogP contribution in [0.4, 0.5) is 23.7 Å². The number of halogens is 3. The number of anilines is 1. The maximum absolute atomic E-state index is 12.7. The third-order valence-corrected chi connectivity index (χ3v) is 5.00. The first-order valence-corrected chi connectivity index (χ1v) is 9.96. The fraction of sp³-hybridized carbons (Fsp3) is 0.364. The van der Waals surface area contributed by atoms with Crippen molar-refractivity contribution in [3.63, 3.8) is 0 Å². The average molecular weight is 435 g/mol. The second-order valence-corrected chi connectivity index (χ2v) is 7.53. The average Bonchev–Trinajstić information content (AvgIpc) is 2.73. The maximum Gasteiger partial charge on any atom is 0.573 e. The van der Waals surface area contributed by atoms with Gasteiger partial charge in [-0.25, -0.2) is 4.79 Å². The van der Waals surface area contributed by atoms with Gasteiger partial charge in [0.25, 0.3) is 5.91 Å². The zero-order valence-corrected chi connectivity index (χ0v) is 17.0. The summed E-state index contributed by atoms with van der Waals surface area (Å²) in [6.07, 6.45) is -3.12. The highest BCUT2D eigenvalue weighted by Gasteiger charge is 2.31. The number of hydrogen-bond donors (Lipinski definition) is 2. The number of nitrogens with one attached hydrogen (secondary N) is 2. The summed E-state index contributed by atoms with van der Waals surface area (Å²) in [5, 5.41) is 5.60. The lowest BCUT2D eigenvalue weighted by molar-refractivity contribution is -0.274. The fourth-order valence-electron chi connectivity index (χ4n) is 3.45. The molecule has 1 atom stereocenters. The molecule has 0 aromatic heterocycles. The number of nitrogens with zero attached hydrogens (tertiary/aromatic N) is 1. The summed E-state index contributed by atoms with van der Waals surface area (Å²) in [4.78, 5) is 26.5. The van der Waals surface area contributed by atoms with Crippen LogP contribution >= 0.6 is 0 Å². The van der Waals surface area contributed by atoms with E-state index in [1.807, 2.05) is 31.2 Å². The van der Waals surface area contributed by atoms with Gasteiger partial charge in [-0.2, -0.15) is 0 Å². The van der Waals surface area contributed by atoms with E-state index in [4.69, 9.17) is 0 Å². The number of likely N-dealkylation sites (tertiary alicyclic amines) is 1. The molecule has 1 heterocycles. The van der Waals surface area contributed by atoms with Gasteiger partial charge in [-0.3, -0.25) is 4.79 Å². The van der Waals surface area contributed by atoms with E-state index in [1.54, 1.807) is 4.90 Å². The Kier molecular flexibility index (Phi) is 7.04. The van der Waals surface area contributed by atoms with Gasteiger partial charge in [0.15, 0.2) is 0 Å². The van der Waals surface area contributed by atoms with Crippen LogP contribution in [0.3, 0.4) is 0 Å². The van der Waals surface area contributed by atoms with E-state index in [0.29, 0.717) is 30.9 Å². The lowest BCUT2D eigenvalue weighted by Gasteiger charge is -2.33. The summed E-state index contributed by atoms with van der Waals surface area (Å²) >= 11 is 0. The zero-order valence-electron chi connectivity index (χ0n) is 17.0. The Bertz CT molecular complexity index is 899. The van der Waals surface area contributed by atoms with Crippen LogP contribution in [0.1, 0.15) is 28.8 Å². The molecule has 1 fully saturated rings. The van der Waals surface area contributed by atoms with E-state index >= 15 is 0 Å². The summed E-state index contributed by atoms with van der Waals surface area (Å²) in [5.41, 5.74) is 2.09. The zero-order chi connectivity index (χ0) is 22.4. The molecule has 6 nitrogen and oxygen atoms in total. The summed E-state index contributed by atoms with van der Waals surface area (Å²) in [5.74, 6) is -0.536. The Morgan fingerprint density at radius 2 is 1.77 bits per heavy atom. The first-order chi connectivity index (χ1) is 14.7.